The van der Waals surface area contributed by atoms with E-state index in [9.17, 15) is 14.9 Å². The number of nitro benzene ring substituents is 1. The number of anilines is 1. The highest BCUT2D eigenvalue weighted by molar-refractivity contribution is 5.93. The molecule has 6 nitrogen and oxygen atoms in total. The number of nitrogens with zero attached hydrogens (tertiary/aromatic N) is 1. The Morgan fingerprint density at radius 3 is 2.33 bits per heavy atom. The van der Waals surface area contributed by atoms with Gasteiger partial charge in [-0.15, -0.1) is 0 Å². The molecule has 0 heterocycles. The van der Waals surface area contributed by atoms with Gasteiger partial charge in [0.25, 0.3) is 5.69 Å². The summed E-state index contributed by atoms with van der Waals surface area (Å²) in [7, 11) is 1.44. The summed E-state index contributed by atoms with van der Waals surface area (Å²) in [5.74, 6) is 0.206. The second-order valence-electron chi connectivity index (χ2n) is 5.91. The van der Waals surface area contributed by atoms with Gasteiger partial charge in [-0.1, -0.05) is 51.9 Å². The van der Waals surface area contributed by atoms with Gasteiger partial charge in [0.2, 0.25) is 5.91 Å². The van der Waals surface area contributed by atoms with Crippen LogP contribution in [0.3, 0.4) is 0 Å². The van der Waals surface area contributed by atoms with E-state index in [1.165, 1.54) is 51.3 Å². The molecule has 1 aromatic rings. The number of carbonyl (C=O) groups excluding carboxylic acids is 1. The largest absolute Gasteiger partial charge is 0.496 e. The lowest BCUT2D eigenvalue weighted by Crippen LogP contribution is -2.12. The van der Waals surface area contributed by atoms with Crippen molar-refractivity contribution in [3.8, 4) is 5.75 Å². The topological polar surface area (TPSA) is 81.5 Å². The first kappa shape index (κ1) is 19.9. The third-order valence-corrected chi connectivity index (χ3v) is 3.93. The highest BCUT2D eigenvalue weighted by Gasteiger charge is 2.16. The zero-order valence-electron chi connectivity index (χ0n) is 14.7. The van der Waals surface area contributed by atoms with Crippen molar-refractivity contribution in [2.45, 2.75) is 64.7 Å². The second-order valence-corrected chi connectivity index (χ2v) is 5.91. The van der Waals surface area contributed by atoms with Gasteiger partial charge in [0.05, 0.1) is 18.1 Å². The molecule has 24 heavy (non-hydrogen) atoms. The standard InChI is InChI=1S/C18H28N2O4/c1-3-4-5-6-7-8-9-10-11-18(21)19-16-13-12-15(24-2)14-17(16)20(22)23/h12-14H,3-11H2,1-2H3,(H,19,21). The fourth-order valence-electron chi connectivity index (χ4n) is 2.53. The molecular formula is C18H28N2O4. The molecule has 1 aromatic carbocycles. The van der Waals surface area contributed by atoms with Crippen molar-refractivity contribution in [1.29, 1.82) is 0 Å². The summed E-state index contributed by atoms with van der Waals surface area (Å²) < 4.78 is 4.97. The lowest BCUT2D eigenvalue weighted by Gasteiger charge is -2.07. The molecule has 0 unspecified atom stereocenters. The molecule has 0 bridgehead atoms. The van der Waals surface area contributed by atoms with Gasteiger partial charge in [0.1, 0.15) is 11.4 Å². The van der Waals surface area contributed by atoms with Crippen LogP contribution in [0.1, 0.15) is 64.7 Å². The molecule has 0 saturated heterocycles. The number of hydrogen-bond acceptors (Lipinski definition) is 4. The number of methoxy groups -OCH3 is 1. The van der Waals surface area contributed by atoms with Crippen molar-refractivity contribution in [3.05, 3.63) is 28.3 Å². The number of amides is 1. The number of hydrogen-bond donors (Lipinski definition) is 1. The van der Waals surface area contributed by atoms with Gasteiger partial charge in [-0.3, -0.25) is 14.9 Å². The van der Waals surface area contributed by atoms with Crippen LogP contribution < -0.4 is 10.1 Å². The van der Waals surface area contributed by atoms with Crippen LogP contribution >= 0.6 is 0 Å². The maximum absolute atomic E-state index is 12.0. The second kappa shape index (κ2) is 11.4. The van der Waals surface area contributed by atoms with Crippen LogP contribution in [0.15, 0.2) is 18.2 Å². The molecular weight excluding hydrogens is 308 g/mol. The zero-order chi connectivity index (χ0) is 17.8. The average molecular weight is 336 g/mol. The summed E-state index contributed by atoms with van der Waals surface area (Å²) >= 11 is 0. The number of unbranched alkanes of at least 4 members (excludes halogenated alkanes) is 7. The fourth-order valence-corrected chi connectivity index (χ4v) is 2.53. The maximum Gasteiger partial charge on any atom is 0.296 e. The van der Waals surface area contributed by atoms with E-state index >= 15 is 0 Å². The molecule has 6 heteroatoms. The van der Waals surface area contributed by atoms with Gasteiger partial charge >= 0.3 is 0 Å². The Labute approximate surface area is 143 Å². The highest BCUT2D eigenvalue weighted by atomic mass is 16.6. The van der Waals surface area contributed by atoms with Crippen molar-refractivity contribution in [3.63, 3.8) is 0 Å². The molecule has 1 rings (SSSR count). The SMILES string of the molecule is CCCCCCCCCCC(=O)Nc1ccc(OC)cc1[N+](=O)[O-]. The molecule has 1 N–H and O–H groups in total. The van der Waals surface area contributed by atoms with Crippen molar-refractivity contribution in [1.82, 2.24) is 0 Å². The average Bonchev–Trinajstić information content (AvgIpc) is 2.57. The summed E-state index contributed by atoms with van der Waals surface area (Å²) in [4.78, 5) is 22.5. The number of ether oxygens (including phenoxy) is 1. The molecule has 0 aliphatic carbocycles. The van der Waals surface area contributed by atoms with E-state index in [1.807, 2.05) is 0 Å². The quantitative estimate of drug-likeness (QED) is 0.328. The molecule has 0 aliphatic heterocycles. The Hall–Kier alpha value is -2.11. The van der Waals surface area contributed by atoms with Gasteiger partial charge in [-0.25, -0.2) is 0 Å². The first-order chi connectivity index (χ1) is 11.6. The molecule has 0 aromatic heterocycles. The molecule has 0 aliphatic rings. The van der Waals surface area contributed by atoms with E-state index in [-0.39, 0.29) is 17.3 Å². The van der Waals surface area contributed by atoms with E-state index < -0.39 is 4.92 Å². The molecule has 0 atom stereocenters. The predicted molar refractivity (Wildman–Crippen MR) is 95.5 cm³/mol. The van der Waals surface area contributed by atoms with E-state index in [2.05, 4.69) is 12.2 Å². The van der Waals surface area contributed by atoms with Crippen LogP contribution in [0.25, 0.3) is 0 Å². The third kappa shape index (κ3) is 7.44. The normalized spacial score (nSPS) is 10.4. The lowest BCUT2D eigenvalue weighted by atomic mass is 10.1. The minimum Gasteiger partial charge on any atom is -0.496 e. The monoisotopic (exact) mass is 336 g/mol. The van der Waals surface area contributed by atoms with Gasteiger partial charge in [0.15, 0.2) is 0 Å². The Kier molecular flexibility index (Phi) is 9.49. The van der Waals surface area contributed by atoms with Crippen molar-refractivity contribution >= 4 is 17.3 Å². The summed E-state index contributed by atoms with van der Waals surface area (Å²) in [6.07, 6.45) is 9.66. The number of nitro groups is 1. The van der Waals surface area contributed by atoms with Crippen molar-refractivity contribution in [2.75, 3.05) is 12.4 Å². The maximum atomic E-state index is 12.0. The van der Waals surface area contributed by atoms with E-state index in [0.717, 1.165) is 19.3 Å². The van der Waals surface area contributed by atoms with Gasteiger partial charge < -0.3 is 10.1 Å². The van der Waals surface area contributed by atoms with Gasteiger partial charge in [0, 0.05) is 6.42 Å². The van der Waals surface area contributed by atoms with Gasteiger partial charge in [-0.2, -0.15) is 0 Å². The zero-order valence-corrected chi connectivity index (χ0v) is 14.7. The summed E-state index contributed by atoms with van der Waals surface area (Å²) in [6.45, 7) is 2.20. The molecule has 0 radical (unpaired) electrons. The first-order valence-corrected chi connectivity index (χ1v) is 8.70. The lowest BCUT2D eigenvalue weighted by molar-refractivity contribution is -0.384. The van der Waals surface area contributed by atoms with E-state index in [4.69, 9.17) is 4.74 Å². The number of nitrogens with one attached hydrogen (secondary N) is 1. The molecule has 0 saturated carbocycles. The van der Waals surface area contributed by atoms with Crippen molar-refractivity contribution < 1.29 is 14.5 Å². The van der Waals surface area contributed by atoms with Crippen LogP contribution in [0.4, 0.5) is 11.4 Å². The Morgan fingerprint density at radius 1 is 1.12 bits per heavy atom. The summed E-state index contributed by atoms with van der Waals surface area (Å²) in [5, 5.41) is 13.7. The number of rotatable bonds is 12. The Balaban J connectivity index is 2.34. The predicted octanol–water partition coefficient (Wildman–Crippen LogP) is 5.07. The van der Waals surface area contributed by atoms with E-state index in [1.54, 1.807) is 6.07 Å². The molecule has 134 valence electrons. The van der Waals surface area contributed by atoms with Crippen LogP contribution in [0.2, 0.25) is 0 Å². The van der Waals surface area contributed by atoms with Crippen LogP contribution in [-0.2, 0) is 4.79 Å². The van der Waals surface area contributed by atoms with Gasteiger partial charge in [-0.05, 0) is 18.6 Å². The number of carbonyl (C=O) groups is 1. The minimum absolute atomic E-state index is 0.154. The van der Waals surface area contributed by atoms with Crippen LogP contribution in [-0.4, -0.2) is 17.9 Å². The molecule has 1 amide bonds. The van der Waals surface area contributed by atoms with Crippen molar-refractivity contribution in [2.24, 2.45) is 0 Å². The Bertz CT molecular complexity index is 532. The molecule has 0 fully saturated rings. The third-order valence-electron chi connectivity index (χ3n) is 3.93. The smallest absolute Gasteiger partial charge is 0.296 e. The fraction of sp³-hybridized carbons (Fsp3) is 0.611. The highest BCUT2D eigenvalue weighted by Crippen LogP contribution is 2.29. The summed E-state index contributed by atoms with van der Waals surface area (Å²) in [5.41, 5.74) is 0.0592. The first-order valence-electron chi connectivity index (χ1n) is 8.70. The summed E-state index contributed by atoms with van der Waals surface area (Å²) in [6, 6.07) is 4.41. The van der Waals surface area contributed by atoms with Crippen LogP contribution in [0.5, 0.6) is 5.75 Å². The minimum atomic E-state index is -0.519. The Morgan fingerprint density at radius 2 is 1.75 bits per heavy atom. The molecule has 0 spiro atoms. The van der Waals surface area contributed by atoms with Crippen LogP contribution in [0, 0.1) is 10.1 Å². The number of benzene rings is 1. The van der Waals surface area contributed by atoms with E-state index in [0.29, 0.717) is 12.2 Å².